The number of thioether (sulfide) groups is 1. The van der Waals surface area contributed by atoms with Crippen LogP contribution in [0.25, 0.3) is 10.2 Å². The zero-order chi connectivity index (χ0) is 14.7. The molecule has 0 aliphatic heterocycles. The molecule has 2 heterocycles. The van der Waals surface area contributed by atoms with Crippen LogP contribution in [0.5, 0.6) is 0 Å². The van der Waals surface area contributed by atoms with Gasteiger partial charge in [0.05, 0.1) is 16.0 Å². The summed E-state index contributed by atoms with van der Waals surface area (Å²) in [6.07, 6.45) is 1.69. The van der Waals surface area contributed by atoms with Crippen molar-refractivity contribution in [1.82, 2.24) is 15.0 Å². The zero-order valence-electron chi connectivity index (χ0n) is 11.2. The second kappa shape index (κ2) is 6.19. The van der Waals surface area contributed by atoms with Gasteiger partial charge in [-0.3, -0.25) is 4.79 Å². The van der Waals surface area contributed by atoms with Crippen LogP contribution in [-0.4, -0.2) is 26.6 Å². The lowest BCUT2D eigenvalue weighted by molar-refractivity contribution is -0.113. The van der Waals surface area contributed by atoms with Gasteiger partial charge in [0.25, 0.3) is 0 Å². The van der Waals surface area contributed by atoms with Crippen molar-refractivity contribution in [2.75, 3.05) is 11.1 Å². The Balaban J connectivity index is 1.61. The molecule has 0 aliphatic carbocycles. The maximum absolute atomic E-state index is 11.9. The molecule has 5 nitrogen and oxygen atoms in total. The fourth-order valence-corrected chi connectivity index (χ4v) is 3.26. The smallest absolute Gasteiger partial charge is 0.236 e. The Morgan fingerprint density at radius 3 is 2.95 bits per heavy atom. The molecule has 0 unspecified atom stereocenters. The minimum absolute atomic E-state index is 0.107. The van der Waals surface area contributed by atoms with Crippen molar-refractivity contribution in [3.8, 4) is 0 Å². The summed E-state index contributed by atoms with van der Waals surface area (Å²) < 4.78 is 1.06. The number of nitrogens with zero attached hydrogens (tertiary/aromatic N) is 3. The van der Waals surface area contributed by atoms with Crippen LogP contribution in [0.1, 0.15) is 5.69 Å². The van der Waals surface area contributed by atoms with Gasteiger partial charge < -0.3 is 5.32 Å². The summed E-state index contributed by atoms with van der Waals surface area (Å²) in [7, 11) is 0. The van der Waals surface area contributed by atoms with E-state index in [0.29, 0.717) is 10.3 Å². The van der Waals surface area contributed by atoms with Crippen LogP contribution in [0.2, 0.25) is 0 Å². The standard InChI is InChI=1S/C14H12N4OS2/c1-9-6-7-15-13(16-9)20-8-12(19)18-14-17-10-4-2-3-5-11(10)21-14/h2-7H,8H2,1H3,(H,17,18,19). The van der Waals surface area contributed by atoms with Gasteiger partial charge in [-0.2, -0.15) is 0 Å². The average molecular weight is 316 g/mol. The number of benzene rings is 1. The molecular weight excluding hydrogens is 304 g/mol. The normalized spacial score (nSPS) is 10.7. The van der Waals surface area contributed by atoms with Crippen molar-refractivity contribution < 1.29 is 4.79 Å². The molecule has 1 aromatic carbocycles. The Hall–Kier alpha value is -1.99. The Morgan fingerprint density at radius 2 is 2.14 bits per heavy atom. The first-order chi connectivity index (χ1) is 10.2. The molecule has 0 saturated carbocycles. The van der Waals surface area contributed by atoms with E-state index in [1.54, 1.807) is 6.20 Å². The number of para-hydroxylation sites is 1. The Bertz CT molecular complexity index is 754. The number of hydrogen-bond donors (Lipinski definition) is 1. The van der Waals surface area contributed by atoms with Gasteiger partial charge in [0.2, 0.25) is 5.91 Å². The number of anilines is 1. The molecule has 0 fully saturated rings. The van der Waals surface area contributed by atoms with Crippen molar-refractivity contribution in [3.63, 3.8) is 0 Å². The van der Waals surface area contributed by atoms with Crippen molar-refractivity contribution in [2.24, 2.45) is 0 Å². The Morgan fingerprint density at radius 1 is 1.29 bits per heavy atom. The molecule has 3 aromatic rings. The van der Waals surface area contributed by atoms with Crippen LogP contribution in [0.15, 0.2) is 41.7 Å². The quantitative estimate of drug-likeness (QED) is 0.591. The SMILES string of the molecule is Cc1ccnc(SCC(=O)Nc2nc3ccccc3s2)n1. The number of fused-ring (bicyclic) bond motifs is 1. The van der Waals surface area contributed by atoms with E-state index < -0.39 is 0 Å². The molecule has 0 atom stereocenters. The fourth-order valence-electron chi connectivity index (χ4n) is 1.71. The lowest BCUT2D eigenvalue weighted by Gasteiger charge is -2.01. The summed E-state index contributed by atoms with van der Waals surface area (Å²) in [5.74, 6) is 0.156. The molecule has 3 rings (SSSR count). The second-order valence-corrected chi connectivity index (χ2v) is 6.28. The van der Waals surface area contributed by atoms with Crippen LogP contribution in [-0.2, 0) is 4.79 Å². The van der Waals surface area contributed by atoms with Gasteiger partial charge in [0, 0.05) is 11.9 Å². The number of rotatable bonds is 4. The van der Waals surface area contributed by atoms with Gasteiger partial charge in [-0.15, -0.1) is 0 Å². The highest BCUT2D eigenvalue weighted by molar-refractivity contribution is 7.99. The minimum atomic E-state index is -0.107. The van der Waals surface area contributed by atoms with E-state index in [0.717, 1.165) is 15.9 Å². The topological polar surface area (TPSA) is 67.8 Å². The Kier molecular flexibility index (Phi) is 4.12. The second-order valence-electron chi connectivity index (χ2n) is 4.30. The zero-order valence-corrected chi connectivity index (χ0v) is 12.9. The third kappa shape index (κ3) is 3.56. The van der Waals surface area contributed by atoms with Gasteiger partial charge in [-0.25, -0.2) is 15.0 Å². The number of thiazole rings is 1. The van der Waals surface area contributed by atoms with E-state index >= 15 is 0 Å². The lowest BCUT2D eigenvalue weighted by Crippen LogP contribution is -2.14. The summed E-state index contributed by atoms with van der Waals surface area (Å²) in [5.41, 5.74) is 1.78. The van der Waals surface area contributed by atoms with Crippen molar-refractivity contribution in [1.29, 1.82) is 0 Å². The summed E-state index contributed by atoms with van der Waals surface area (Å²) >= 11 is 2.78. The number of carbonyl (C=O) groups is 1. The number of nitrogens with one attached hydrogen (secondary N) is 1. The molecule has 0 aliphatic rings. The van der Waals surface area contributed by atoms with E-state index in [1.807, 2.05) is 37.3 Å². The van der Waals surface area contributed by atoms with E-state index in [2.05, 4.69) is 20.3 Å². The molecular formula is C14H12N4OS2. The highest BCUT2D eigenvalue weighted by Crippen LogP contribution is 2.25. The average Bonchev–Trinajstić information content (AvgIpc) is 2.87. The van der Waals surface area contributed by atoms with Crippen LogP contribution >= 0.6 is 23.1 Å². The number of amides is 1. The number of aryl methyl sites for hydroxylation is 1. The predicted molar refractivity (Wildman–Crippen MR) is 85.7 cm³/mol. The van der Waals surface area contributed by atoms with Gasteiger partial charge in [-0.1, -0.05) is 35.2 Å². The van der Waals surface area contributed by atoms with Gasteiger partial charge >= 0.3 is 0 Å². The molecule has 7 heteroatoms. The van der Waals surface area contributed by atoms with Crippen molar-refractivity contribution in [2.45, 2.75) is 12.1 Å². The number of carbonyl (C=O) groups excluding carboxylic acids is 1. The van der Waals surface area contributed by atoms with Crippen LogP contribution in [0, 0.1) is 6.92 Å². The van der Waals surface area contributed by atoms with E-state index in [1.165, 1.54) is 23.1 Å². The summed E-state index contributed by atoms with van der Waals surface area (Å²) in [6.45, 7) is 1.90. The van der Waals surface area contributed by atoms with Gasteiger partial charge in [0.15, 0.2) is 10.3 Å². The molecule has 21 heavy (non-hydrogen) atoms. The molecule has 1 amide bonds. The highest BCUT2D eigenvalue weighted by atomic mass is 32.2. The first-order valence-corrected chi connectivity index (χ1v) is 8.09. The van der Waals surface area contributed by atoms with Crippen molar-refractivity contribution >= 4 is 44.4 Å². The molecule has 0 bridgehead atoms. The molecule has 2 aromatic heterocycles. The monoisotopic (exact) mass is 316 g/mol. The van der Waals surface area contributed by atoms with Crippen LogP contribution in [0.4, 0.5) is 5.13 Å². The largest absolute Gasteiger partial charge is 0.301 e. The number of aromatic nitrogens is 3. The molecule has 0 spiro atoms. The Labute approximate surface area is 129 Å². The van der Waals surface area contributed by atoms with Gasteiger partial charge in [-0.05, 0) is 25.1 Å². The maximum atomic E-state index is 11.9. The highest BCUT2D eigenvalue weighted by Gasteiger charge is 2.09. The molecule has 106 valence electrons. The molecule has 1 N–H and O–H groups in total. The third-order valence-electron chi connectivity index (χ3n) is 2.65. The summed E-state index contributed by atoms with van der Waals surface area (Å²) in [6, 6.07) is 9.62. The third-order valence-corrected chi connectivity index (χ3v) is 4.46. The van der Waals surface area contributed by atoms with E-state index in [4.69, 9.17) is 0 Å². The van der Waals surface area contributed by atoms with Gasteiger partial charge in [0.1, 0.15) is 0 Å². The van der Waals surface area contributed by atoms with E-state index in [9.17, 15) is 4.79 Å². The maximum Gasteiger partial charge on any atom is 0.236 e. The first kappa shape index (κ1) is 14.0. The molecule has 0 radical (unpaired) electrons. The summed E-state index contributed by atoms with van der Waals surface area (Å²) in [5, 5.41) is 4.03. The fraction of sp³-hybridized carbons (Fsp3) is 0.143. The van der Waals surface area contributed by atoms with Crippen LogP contribution in [0.3, 0.4) is 0 Å². The minimum Gasteiger partial charge on any atom is -0.301 e. The van der Waals surface area contributed by atoms with E-state index in [-0.39, 0.29) is 11.7 Å². The summed E-state index contributed by atoms with van der Waals surface area (Å²) in [4.78, 5) is 24.7. The number of hydrogen-bond acceptors (Lipinski definition) is 6. The lowest BCUT2D eigenvalue weighted by atomic mass is 10.3. The van der Waals surface area contributed by atoms with Crippen LogP contribution < -0.4 is 5.32 Å². The first-order valence-electron chi connectivity index (χ1n) is 6.28. The van der Waals surface area contributed by atoms with Crippen molar-refractivity contribution in [3.05, 3.63) is 42.2 Å². The predicted octanol–water partition coefficient (Wildman–Crippen LogP) is 3.13. The molecule has 0 saturated heterocycles.